The van der Waals surface area contributed by atoms with E-state index >= 15 is 0 Å². The summed E-state index contributed by atoms with van der Waals surface area (Å²) in [4.78, 5) is 12.1. The SMILES string of the molecule is Cc1cc(C)cc(O[C@H](C)C(=O)NCCOc2ccccc2C)c1. The summed E-state index contributed by atoms with van der Waals surface area (Å²) < 4.78 is 11.4. The third kappa shape index (κ3) is 5.30. The molecule has 0 aliphatic carbocycles. The Kier molecular flexibility index (Phi) is 6.24. The number of rotatable bonds is 7. The number of para-hydroxylation sites is 1. The zero-order valence-corrected chi connectivity index (χ0v) is 14.8. The van der Waals surface area contributed by atoms with Crippen LogP contribution in [-0.4, -0.2) is 25.2 Å². The van der Waals surface area contributed by atoms with Gasteiger partial charge in [-0.05, 0) is 62.6 Å². The topological polar surface area (TPSA) is 47.6 Å². The number of hydrogen-bond acceptors (Lipinski definition) is 3. The van der Waals surface area contributed by atoms with Crippen molar-refractivity contribution in [3.8, 4) is 11.5 Å². The van der Waals surface area contributed by atoms with Gasteiger partial charge in [0.1, 0.15) is 18.1 Å². The molecule has 1 N–H and O–H groups in total. The standard InChI is InChI=1S/C20H25NO3/c1-14-11-15(2)13-18(12-14)24-17(4)20(22)21-9-10-23-19-8-6-5-7-16(19)3/h5-8,11-13,17H,9-10H2,1-4H3,(H,21,22)/t17-/m1/s1. The average molecular weight is 327 g/mol. The molecule has 0 saturated carbocycles. The molecule has 4 nitrogen and oxygen atoms in total. The smallest absolute Gasteiger partial charge is 0.260 e. The van der Waals surface area contributed by atoms with Crippen LogP contribution in [0.15, 0.2) is 42.5 Å². The van der Waals surface area contributed by atoms with E-state index in [9.17, 15) is 4.79 Å². The van der Waals surface area contributed by atoms with Crippen LogP contribution in [0.4, 0.5) is 0 Å². The van der Waals surface area contributed by atoms with Crippen LogP contribution in [-0.2, 0) is 4.79 Å². The van der Waals surface area contributed by atoms with Gasteiger partial charge < -0.3 is 14.8 Å². The molecule has 0 aromatic heterocycles. The number of benzene rings is 2. The van der Waals surface area contributed by atoms with E-state index in [0.29, 0.717) is 18.9 Å². The molecule has 1 amide bonds. The van der Waals surface area contributed by atoms with Gasteiger partial charge in [-0.25, -0.2) is 0 Å². The van der Waals surface area contributed by atoms with E-state index in [1.807, 2.05) is 57.2 Å². The largest absolute Gasteiger partial charge is 0.491 e. The first-order valence-corrected chi connectivity index (χ1v) is 8.17. The first-order valence-electron chi connectivity index (χ1n) is 8.17. The Balaban J connectivity index is 1.76. The summed E-state index contributed by atoms with van der Waals surface area (Å²) >= 11 is 0. The summed E-state index contributed by atoms with van der Waals surface area (Å²) in [6, 6.07) is 13.7. The third-order valence-electron chi connectivity index (χ3n) is 3.63. The van der Waals surface area contributed by atoms with Gasteiger partial charge >= 0.3 is 0 Å². The van der Waals surface area contributed by atoms with E-state index < -0.39 is 6.10 Å². The van der Waals surface area contributed by atoms with E-state index in [-0.39, 0.29) is 5.91 Å². The molecule has 4 heteroatoms. The fraction of sp³-hybridized carbons (Fsp3) is 0.350. The number of amides is 1. The van der Waals surface area contributed by atoms with E-state index in [1.165, 1.54) is 0 Å². The highest BCUT2D eigenvalue weighted by atomic mass is 16.5. The van der Waals surface area contributed by atoms with Crippen molar-refractivity contribution in [3.05, 3.63) is 59.2 Å². The van der Waals surface area contributed by atoms with Crippen molar-refractivity contribution in [1.29, 1.82) is 0 Å². The van der Waals surface area contributed by atoms with Crippen molar-refractivity contribution < 1.29 is 14.3 Å². The molecule has 24 heavy (non-hydrogen) atoms. The van der Waals surface area contributed by atoms with Crippen molar-refractivity contribution >= 4 is 5.91 Å². The second kappa shape index (κ2) is 8.39. The summed E-state index contributed by atoms with van der Waals surface area (Å²) in [5, 5.41) is 2.83. The molecule has 0 fully saturated rings. The minimum absolute atomic E-state index is 0.150. The predicted octanol–water partition coefficient (Wildman–Crippen LogP) is 3.57. The Morgan fingerprint density at radius 2 is 1.75 bits per heavy atom. The summed E-state index contributed by atoms with van der Waals surface area (Å²) in [6.07, 6.45) is -0.551. The number of nitrogens with one attached hydrogen (secondary N) is 1. The van der Waals surface area contributed by atoms with Crippen LogP contribution in [0, 0.1) is 20.8 Å². The third-order valence-corrected chi connectivity index (χ3v) is 3.63. The fourth-order valence-corrected chi connectivity index (χ4v) is 2.46. The molecule has 1 atom stereocenters. The maximum absolute atomic E-state index is 12.1. The molecule has 0 bridgehead atoms. The van der Waals surface area contributed by atoms with E-state index in [1.54, 1.807) is 6.92 Å². The summed E-state index contributed by atoms with van der Waals surface area (Å²) in [6.45, 7) is 8.62. The lowest BCUT2D eigenvalue weighted by atomic mass is 10.1. The van der Waals surface area contributed by atoms with Crippen molar-refractivity contribution in [2.24, 2.45) is 0 Å². The zero-order chi connectivity index (χ0) is 17.5. The Bertz CT molecular complexity index is 677. The minimum Gasteiger partial charge on any atom is -0.491 e. The lowest BCUT2D eigenvalue weighted by molar-refractivity contribution is -0.127. The Hall–Kier alpha value is -2.49. The lowest BCUT2D eigenvalue weighted by Crippen LogP contribution is -2.38. The second-order valence-electron chi connectivity index (χ2n) is 5.99. The molecule has 0 aliphatic rings. The van der Waals surface area contributed by atoms with E-state index in [2.05, 4.69) is 11.4 Å². The highest BCUT2D eigenvalue weighted by Crippen LogP contribution is 2.18. The Morgan fingerprint density at radius 3 is 2.42 bits per heavy atom. The lowest BCUT2D eigenvalue weighted by Gasteiger charge is -2.16. The van der Waals surface area contributed by atoms with Crippen molar-refractivity contribution in [3.63, 3.8) is 0 Å². The summed E-state index contributed by atoms with van der Waals surface area (Å²) in [5.41, 5.74) is 3.31. The molecule has 2 aromatic rings. The van der Waals surface area contributed by atoms with Crippen molar-refractivity contribution in [2.75, 3.05) is 13.2 Å². The number of carbonyl (C=O) groups is 1. The predicted molar refractivity (Wildman–Crippen MR) is 95.7 cm³/mol. The van der Waals surface area contributed by atoms with Gasteiger partial charge in [0.05, 0.1) is 6.54 Å². The molecule has 0 saturated heterocycles. The number of carbonyl (C=O) groups excluding carboxylic acids is 1. The number of ether oxygens (including phenoxy) is 2. The van der Waals surface area contributed by atoms with Gasteiger partial charge in [-0.2, -0.15) is 0 Å². The van der Waals surface area contributed by atoms with Gasteiger partial charge in [-0.15, -0.1) is 0 Å². The first-order chi connectivity index (χ1) is 11.5. The van der Waals surface area contributed by atoms with Crippen molar-refractivity contribution in [1.82, 2.24) is 5.32 Å². The van der Waals surface area contributed by atoms with Crippen LogP contribution in [0.5, 0.6) is 11.5 Å². The Morgan fingerprint density at radius 1 is 1.08 bits per heavy atom. The van der Waals surface area contributed by atoms with Gasteiger partial charge in [0.15, 0.2) is 6.10 Å². The van der Waals surface area contributed by atoms with Crippen LogP contribution in [0.1, 0.15) is 23.6 Å². The molecule has 2 aromatic carbocycles. The first kappa shape index (κ1) is 17.9. The zero-order valence-electron chi connectivity index (χ0n) is 14.8. The number of aryl methyl sites for hydroxylation is 3. The average Bonchev–Trinajstić information content (AvgIpc) is 2.51. The minimum atomic E-state index is -0.551. The normalized spacial score (nSPS) is 11.7. The second-order valence-corrected chi connectivity index (χ2v) is 5.99. The van der Waals surface area contributed by atoms with Gasteiger partial charge in [0.25, 0.3) is 5.91 Å². The van der Waals surface area contributed by atoms with Crippen LogP contribution in [0.3, 0.4) is 0 Å². The van der Waals surface area contributed by atoms with Crippen molar-refractivity contribution in [2.45, 2.75) is 33.8 Å². The van der Waals surface area contributed by atoms with Gasteiger partial charge in [0.2, 0.25) is 0 Å². The molecule has 128 valence electrons. The maximum Gasteiger partial charge on any atom is 0.260 e. The Labute approximate surface area is 143 Å². The molecule has 0 spiro atoms. The highest BCUT2D eigenvalue weighted by molar-refractivity contribution is 5.80. The molecule has 0 aliphatic heterocycles. The summed E-state index contributed by atoms with van der Waals surface area (Å²) in [5.74, 6) is 1.40. The van der Waals surface area contributed by atoms with Crippen LogP contribution < -0.4 is 14.8 Å². The molecule has 0 heterocycles. The molecule has 0 unspecified atom stereocenters. The van der Waals surface area contributed by atoms with Crippen LogP contribution in [0.2, 0.25) is 0 Å². The molecule has 2 rings (SSSR count). The number of hydrogen-bond donors (Lipinski definition) is 1. The van der Waals surface area contributed by atoms with Crippen LogP contribution in [0.25, 0.3) is 0 Å². The monoisotopic (exact) mass is 327 g/mol. The maximum atomic E-state index is 12.1. The quantitative estimate of drug-likeness (QED) is 0.791. The van der Waals surface area contributed by atoms with E-state index in [4.69, 9.17) is 9.47 Å². The molecule has 0 radical (unpaired) electrons. The molecular formula is C20H25NO3. The van der Waals surface area contributed by atoms with E-state index in [0.717, 1.165) is 22.4 Å². The van der Waals surface area contributed by atoms with Crippen LogP contribution >= 0.6 is 0 Å². The fourth-order valence-electron chi connectivity index (χ4n) is 2.46. The van der Waals surface area contributed by atoms with Gasteiger partial charge in [-0.3, -0.25) is 4.79 Å². The summed E-state index contributed by atoms with van der Waals surface area (Å²) in [7, 11) is 0. The highest BCUT2D eigenvalue weighted by Gasteiger charge is 2.14. The van der Waals surface area contributed by atoms with Gasteiger partial charge in [0, 0.05) is 0 Å². The molecular weight excluding hydrogens is 302 g/mol. The van der Waals surface area contributed by atoms with Gasteiger partial charge in [-0.1, -0.05) is 24.3 Å².